The molecule has 0 atom stereocenters. The summed E-state index contributed by atoms with van der Waals surface area (Å²) in [6.45, 7) is 1.10. The van der Waals surface area contributed by atoms with Crippen LogP contribution in [-0.2, 0) is 30.3 Å². The lowest BCUT2D eigenvalue weighted by Gasteiger charge is -2.21. The highest BCUT2D eigenvalue weighted by Gasteiger charge is 2.21. The Kier molecular flexibility index (Phi) is 8.68. The molecule has 8 heteroatoms. The van der Waals surface area contributed by atoms with Crippen molar-refractivity contribution in [3.05, 3.63) is 54.1 Å². The fourth-order valence-electron chi connectivity index (χ4n) is 2.69. The Balaban J connectivity index is 2.02. The van der Waals surface area contributed by atoms with E-state index < -0.39 is 24.5 Å². The molecule has 160 valence electrons. The van der Waals surface area contributed by atoms with E-state index in [0.29, 0.717) is 22.7 Å². The van der Waals surface area contributed by atoms with E-state index in [2.05, 4.69) is 0 Å². The molecule has 0 radical (unpaired) electrons. The molecule has 0 saturated carbocycles. The van der Waals surface area contributed by atoms with E-state index in [1.54, 1.807) is 55.5 Å². The number of amides is 1. The van der Waals surface area contributed by atoms with Crippen LogP contribution in [0, 0.1) is 0 Å². The summed E-state index contributed by atoms with van der Waals surface area (Å²) in [5.41, 5.74) is 1.10. The van der Waals surface area contributed by atoms with Gasteiger partial charge in [-0.1, -0.05) is 24.3 Å². The van der Waals surface area contributed by atoms with Crippen molar-refractivity contribution in [1.82, 2.24) is 0 Å². The Bertz CT molecular complexity index is 867. The van der Waals surface area contributed by atoms with Gasteiger partial charge >= 0.3 is 11.9 Å². The number of esters is 2. The number of nitrogens with zero attached hydrogens (tertiary/aromatic N) is 1. The maximum atomic E-state index is 12.6. The maximum absolute atomic E-state index is 12.6. The molecule has 0 bridgehead atoms. The van der Waals surface area contributed by atoms with E-state index in [1.165, 1.54) is 19.1 Å². The molecule has 0 aliphatic heterocycles. The first kappa shape index (κ1) is 22.7. The van der Waals surface area contributed by atoms with Crippen molar-refractivity contribution < 1.29 is 33.3 Å². The summed E-state index contributed by atoms with van der Waals surface area (Å²) in [5, 5.41) is 0. The fourth-order valence-corrected chi connectivity index (χ4v) is 2.69. The van der Waals surface area contributed by atoms with Crippen LogP contribution in [0.1, 0.15) is 12.5 Å². The topological polar surface area (TPSA) is 91.4 Å². The van der Waals surface area contributed by atoms with Crippen molar-refractivity contribution in [2.75, 3.05) is 38.9 Å². The number of rotatable bonds is 10. The van der Waals surface area contributed by atoms with E-state index >= 15 is 0 Å². The number of para-hydroxylation sites is 1. The van der Waals surface area contributed by atoms with Gasteiger partial charge in [-0.15, -0.1) is 0 Å². The molecule has 0 heterocycles. The van der Waals surface area contributed by atoms with Crippen molar-refractivity contribution in [1.29, 1.82) is 0 Å². The molecule has 0 saturated heterocycles. The summed E-state index contributed by atoms with van der Waals surface area (Å²) in [7, 11) is 3.02. The number of anilines is 1. The van der Waals surface area contributed by atoms with Crippen molar-refractivity contribution in [2.24, 2.45) is 0 Å². The lowest BCUT2D eigenvalue weighted by atomic mass is 10.1. The number of carbonyl (C=O) groups is 3. The first-order valence-corrected chi connectivity index (χ1v) is 9.36. The smallest absolute Gasteiger partial charge is 0.326 e. The minimum Gasteiger partial charge on any atom is -0.497 e. The molecule has 30 heavy (non-hydrogen) atoms. The second-order valence-corrected chi connectivity index (χ2v) is 6.14. The quantitative estimate of drug-likeness (QED) is 0.550. The Morgan fingerprint density at radius 1 is 0.900 bits per heavy atom. The van der Waals surface area contributed by atoms with E-state index in [9.17, 15) is 14.4 Å². The van der Waals surface area contributed by atoms with Gasteiger partial charge in [0.1, 0.15) is 18.0 Å². The number of hydrogen-bond acceptors (Lipinski definition) is 7. The van der Waals surface area contributed by atoms with Gasteiger partial charge in [0.2, 0.25) is 0 Å². The second-order valence-electron chi connectivity index (χ2n) is 6.14. The summed E-state index contributed by atoms with van der Waals surface area (Å²) in [6.07, 6.45) is -0.0797. The predicted octanol–water partition coefficient (Wildman–Crippen LogP) is 2.39. The van der Waals surface area contributed by atoms with Crippen LogP contribution in [0.2, 0.25) is 0 Å². The van der Waals surface area contributed by atoms with Gasteiger partial charge in [0.15, 0.2) is 6.61 Å². The average Bonchev–Trinajstić information content (AvgIpc) is 2.77. The van der Waals surface area contributed by atoms with Crippen LogP contribution < -0.4 is 14.4 Å². The summed E-state index contributed by atoms with van der Waals surface area (Å²) in [5.74, 6) is -0.619. The fraction of sp³-hybridized carbons (Fsp3) is 0.318. The van der Waals surface area contributed by atoms with E-state index in [-0.39, 0.29) is 19.6 Å². The Morgan fingerprint density at radius 2 is 1.63 bits per heavy atom. The molecule has 0 N–H and O–H groups in total. The lowest BCUT2D eigenvalue weighted by molar-refractivity contribution is -0.147. The number of benzene rings is 2. The van der Waals surface area contributed by atoms with Crippen LogP contribution in [0.25, 0.3) is 0 Å². The molecule has 1 amide bonds. The lowest BCUT2D eigenvalue weighted by Crippen LogP contribution is -2.39. The van der Waals surface area contributed by atoms with Gasteiger partial charge in [-0.3, -0.25) is 19.3 Å². The molecule has 0 aliphatic rings. The third kappa shape index (κ3) is 6.51. The van der Waals surface area contributed by atoms with Crippen LogP contribution in [0.15, 0.2) is 48.5 Å². The van der Waals surface area contributed by atoms with Gasteiger partial charge in [-0.25, -0.2) is 0 Å². The van der Waals surface area contributed by atoms with Gasteiger partial charge in [-0.05, 0) is 25.1 Å². The molecule has 2 rings (SSSR count). The first-order valence-electron chi connectivity index (χ1n) is 9.36. The Labute approximate surface area is 175 Å². The zero-order valence-corrected chi connectivity index (χ0v) is 17.3. The van der Waals surface area contributed by atoms with Gasteiger partial charge in [-0.2, -0.15) is 0 Å². The number of methoxy groups -OCH3 is 2. The molecule has 0 unspecified atom stereocenters. The van der Waals surface area contributed by atoms with Crippen LogP contribution in [0.5, 0.6) is 11.5 Å². The van der Waals surface area contributed by atoms with E-state index in [1.807, 2.05) is 0 Å². The largest absolute Gasteiger partial charge is 0.497 e. The molecule has 0 aromatic heterocycles. The van der Waals surface area contributed by atoms with E-state index in [4.69, 9.17) is 18.9 Å². The zero-order valence-electron chi connectivity index (χ0n) is 17.3. The van der Waals surface area contributed by atoms with Crippen LogP contribution in [-0.4, -0.2) is 51.8 Å². The molecular formula is C22H25NO7. The van der Waals surface area contributed by atoms with Crippen LogP contribution in [0.3, 0.4) is 0 Å². The van der Waals surface area contributed by atoms with Crippen molar-refractivity contribution >= 4 is 23.5 Å². The highest BCUT2D eigenvalue weighted by molar-refractivity contribution is 5.99. The minimum atomic E-state index is -0.601. The molecule has 2 aromatic rings. The van der Waals surface area contributed by atoms with Gasteiger partial charge in [0.25, 0.3) is 5.91 Å². The molecule has 8 nitrogen and oxygen atoms in total. The standard InChI is InChI=1S/C22H25NO7/c1-4-29-22(26)14-23(17-8-6-5-7-9-17)20(24)15-30-21(25)12-16-10-11-18(27-2)13-19(16)28-3/h5-11,13H,4,12,14-15H2,1-3H3. The SMILES string of the molecule is CCOC(=O)CN(C(=O)COC(=O)Cc1ccc(OC)cc1OC)c1ccccc1. The zero-order chi connectivity index (χ0) is 21.9. The van der Waals surface area contributed by atoms with Crippen molar-refractivity contribution in [3.63, 3.8) is 0 Å². The van der Waals surface area contributed by atoms with Crippen molar-refractivity contribution in [3.8, 4) is 11.5 Å². The number of hydrogen-bond donors (Lipinski definition) is 0. The summed E-state index contributed by atoms with van der Waals surface area (Å²) >= 11 is 0. The van der Waals surface area contributed by atoms with Gasteiger partial charge in [0, 0.05) is 17.3 Å². The maximum Gasteiger partial charge on any atom is 0.326 e. The third-order valence-corrected chi connectivity index (χ3v) is 4.15. The van der Waals surface area contributed by atoms with Crippen molar-refractivity contribution in [2.45, 2.75) is 13.3 Å². The molecular weight excluding hydrogens is 390 g/mol. The molecule has 0 aliphatic carbocycles. The molecule has 2 aromatic carbocycles. The average molecular weight is 415 g/mol. The Hall–Kier alpha value is -3.55. The van der Waals surface area contributed by atoms with Crippen LogP contribution in [0.4, 0.5) is 5.69 Å². The normalized spacial score (nSPS) is 10.1. The molecule has 0 spiro atoms. The minimum absolute atomic E-state index is 0.0797. The highest BCUT2D eigenvalue weighted by atomic mass is 16.5. The monoisotopic (exact) mass is 415 g/mol. The second kappa shape index (κ2) is 11.5. The third-order valence-electron chi connectivity index (χ3n) is 4.15. The van der Waals surface area contributed by atoms with E-state index in [0.717, 1.165) is 0 Å². The summed E-state index contributed by atoms with van der Waals surface area (Å²) in [4.78, 5) is 38.0. The Morgan fingerprint density at radius 3 is 2.27 bits per heavy atom. The summed E-state index contributed by atoms with van der Waals surface area (Å²) < 4.78 is 20.5. The highest BCUT2D eigenvalue weighted by Crippen LogP contribution is 2.25. The number of ether oxygens (including phenoxy) is 4. The van der Waals surface area contributed by atoms with Gasteiger partial charge < -0.3 is 18.9 Å². The number of carbonyl (C=O) groups excluding carboxylic acids is 3. The molecule has 0 fully saturated rings. The summed E-state index contributed by atoms with van der Waals surface area (Å²) in [6, 6.07) is 13.7. The predicted molar refractivity (Wildman–Crippen MR) is 110 cm³/mol. The van der Waals surface area contributed by atoms with Crippen LogP contribution >= 0.6 is 0 Å². The van der Waals surface area contributed by atoms with Gasteiger partial charge in [0.05, 0.1) is 27.2 Å². The first-order chi connectivity index (χ1) is 14.5.